The number of amides is 2. The first-order chi connectivity index (χ1) is 13.6. The van der Waals surface area contributed by atoms with Crippen molar-refractivity contribution in [3.8, 4) is 0 Å². The lowest BCUT2D eigenvalue weighted by Crippen LogP contribution is -2.46. The summed E-state index contributed by atoms with van der Waals surface area (Å²) < 4.78 is 2.26. The van der Waals surface area contributed by atoms with E-state index in [1.165, 1.54) is 29.5 Å². The fourth-order valence-electron chi connectivity index (χ4n) is 4.55. The zero-order chi connectivity index (χ0) is 19.5. The van der Waals surface area contributed by atoms with E-state index in [-0.39, 0.29) is 12.1 Å². The van der Waals surface area contributed by atoms with Crippen LogP contribution in [0.4, 0.5) is 4.79 Å². The molecule has 2 aromatic rings. The summed E-state index contributed by atoms with van der Waals surface area (Å²) in [5.41, 5.74) is 3.87. The second kappa shape index (κ2) is 8.33. The van der Waals surface area contributed by atoms with Crippen molar-refractivity contribution in [2.24, 2.45) is 0 Å². The number of urea groups is 1. The van der Waals surface area contributed by atoms with Crippen LogP contribution in [0.2, 0.25) is 0 Å². The Morgan fingerprint density at radius 2 is 2.00 bits per heavy atom. The van der Waals surface area contributed by atoms with Gasteiger partial charge in [0.05, 0.1) is 6.04 Å². The molecule has 6 nitrogen and oxygen atoms in total. The van der Waals surface area contributed by atoms with Gasteiger partial charge in [0.25, 0.3) is 0 Å². The molecule has 1 aromatic heterocycles. The van der Waals surface area contributed by atoms with Crippen molar-refractivity contribution in [2.75, 3.05) is 13.1 Å². The fourth-order valence-corrected chi connectivity index (χ4v) is 4.55. The summed E-state index contributed by atoms with van der Waals surface area (Å²) in [5.74, 6) is 2.07. The normalized spacial score (nSPS) is 19.4. The van der Waals surface area contributed by atoms with Crippen molar-refractivity contribution in [2.45, 2.75) is 71.4 Å². The van der Waals surface area contributed by atoms with E-state index in [9.17, 15) is 4.79 Å². The van der Waals surface area contributed by atoms with Gasteiger partial charge >= 0.3 is 6.03 Å². The molecular weight excluding hydrogens is 350 g/mol. The molecule has 0 unspecified atom stereocenters. The average molecular weight is 382 g/mol. The van der Waals surface area contributed by atoms with Crippen LogP contribution in [0.5, 0.6) is 0 Å². The first-order valence-electron chi connectivity index (χ1n) is 10.7. The smallest absolute Gasteiger partial charge is 0.318 e. The first kappa shape index (κ1) is 19.0. The summed E-state index contributed by atoms with van der Waals surface area (Å²) in [5, 5.41) is 12.0. The van der Waals surface area contributed by atoms with Crippen molar-refractivity contribution in [3.05, 3.63) is 46.5 Å². The number of carbonyl (C=O) groups excluding carboxylic acids is 1. The van der Waals surface area contributed by atoms with Crippen LogP contribution < -0.4 is 5.32 Å². The maximum absolute atomic E-state index is 13.0. The van der Waals surface area contributed by atoms with Crippen molar-refractivity contribution in [1.82, 2.24) is 25.0 Å². The lowest BCUT2D eigenvalue weighted by atomic mass is 10.0. The van der Waals surface area contributed by atoms with Gasteiger partial charge in [-0.3, -0.25) is 0 Å². The number of likely N-dealkylation sites (tertiary alicyclic amines) is 1. The largest absolute Gasteiger partial charge is 0.338 e. The van der Waals surface area contributed by atoms with E-state index in [4.69, 9.17) is 0 Å². The minimum atomic E-state index is 0.0302. The van der Waals surface area contributed by atoms with Gasteiger partial charge in [-0.15, -0.1) is 10.2 Å². The second-order valence-corrected chi connectivity index (χ2v) is 8.20. The number of fused-ring (bicyclic) bond motifs is 1. The van der Waals surface area contributed by atoms with Gasteiger partial charge in [0.2, 0.25) is 0 Å². The van der Waals surface area contributed by atoms with Gasteiger partial charge in [-0.25, -0.2) is 4.79 Å². The first-order valence-corrected chi connectivity index (χ1v) is 10.7. The number of hydrogen-bond acceptors (Lipinski definition) is 3. The Morgan fingerprint density at radius 3 is 2.86 bits per heavy atom. The number of carbonyl (C=O) groups is 1. The lowest BCUT2D eigenvalue weighted by Gasteiger charge is -2.35. The van der Waals surface area contributed by atoms with Crippen LogP contribution in [0, 0.1) is 13.8 Å². The van der Waals surface area contributed by atoms with Crippen LogP contribution in [0.3, 0.4) is 0 Å². The van der Waals surface area contributed by atoms with Crippen LogP contribution in [-0.4, -0.2) is 38.8 Å². The number of piperidine rings is 1. The van der Waals surface area contributed by atoms with Gasteiger partial charge in [-0.1, -0.05) is 23.8 Å². The summed E-state index contributed by atoms with van der Waals surface area (Å²) >= 11 is 0. The predicted molar refractivity (Wildman–Crippen MR) is 109 cm³/mol. The summed E-state index contributed by atoms with van der Waals surface area (Å²) in [7, 11) is 0. The fraction of sp³-hybridized carbons (Fsp3) is 0.591. The molecule has 2 aliphatic heterocycles. The number of hydrogen-bond donors (Lipinski definition) is 1. The zero-order valence-electron chi connectivity index (χ0n) is 17.1. The van der Waals surface area contributed by atoms with Crippen LogP contribution in [0.25, 0.3) is 0 Å². The van der Waals surface area contributed by atoms with Gasteiger partial charge in [0.15, 0.2) is 5.82 Å². The van der Waals surface area contributed by atoms with Crippen molar-refractivity contribution in [1.29, 1.82) is 0 Å². The highest BCUT2D eigenvalue weighted by Gasteiger charge is 2.32. The van der Waals surface area contributed by atoms with Crippen LogP contribution in [-0.2, 0) is 19.4 Å². The summed E-state index contributed by atoms with van der Waals surface area (Å²) in [6.07, 6.45) is 7.39. The number of aromatic nitrogens is 3. The molecule has 1 aromatic carbocycles. The molecular formula is C22H31N5O. The highest BCUT2D eigenvalue weighted by Crippen LogP contribution is 2.31. The Labute approximate surface area is 167 Å². The number of aryl methyl sites for hydroxylation is 3. The number of nitrogens with zero attached hydrogens (tertiary/aromatic N) is 4. The SMILES string of the molecule is Cc1ccc(CCNC(=O)N2CCCC[C@H]2c2nnc3n2CCCC3)c(C)c1. The highest BCUT2D eigenvalue weighted by molar-refractivity contribution is 5.74. The zero-order valence-corrected chi connectivity index (χ0v) is 17.1. The Bertz CT molecular complexity index is 843. The van der Waals surface area contributed by atoms with Crippen LogP contribution in [0.15, 0.2) is 18.2 Å². The highest BCUT2D eigenvalue weighted by atomic mass is 16.2. The summed E-state index contributed by atoms with van der Waals surface area (Å²) in [4.78, 5) is 14.9. The predicted octanol–water partition coefficient (Wildman–Crippen LogP) is 3.71. The lowest BCUT2D eigenvalue weighted by molar-refractivity contribution is 0.145. The molecule has 1 saturated heterocycles. The molecule has 4 rings (SSSR count). The van der Waals surface area contributed by atoms with Crippen molar-refractivity contribution >= 4 is 6.03 Å². The molecule has 0 bridgehead atoms. The van der Waals surface area contributed by atoms with Crippen LogP contribution >= 0.6 is 0 Å². The van der Waals surface area contributed by atoms with E-state index in [2.05, 4.69) is 52.1 Å². The molecule has 0 spiro atoms. The van der Waals surface area contributed by atoms with Crippen molar-refractivity contribution < 1.29 is 4.79 Å². The Balaban J connectivity index is 1.41. The molecule has 2 amide bonds. The number of nitrogens with one attached hydrogen (secondary N) is 1. The molecule has 0 radical (unpaired) electrons. The molecule has 6 heteroatoms. The molecule has 0 saturated carbocycles. The molecule has 1 fully saturated rings. The molecule has 1 N–H and O–H groups in total. The third kappa shape index (κ3) is 3.91. The van der Waals surface area contributed by atoms with Crippen molar-refractivity contribution in [3.63, 3.8) is 0 Å². The molecule has 0 aliphatic carbocycles. The Kier molecular flexibility index (Phi) is 5.64. The van der Waals surface area contributed by atoms with Gasteiger partial charge in [0, 0.05) is 26.1 Å². The summed E-state index contributed by atoms with van der Waals surface area (Å²) in [6, 6.07) is 6.59. The quantitative estimate of drug-likeness (QED) is 0.878. The maximum Gasteiger partial charge on any atom is 0.318 e. The average Bonchev–Trinajstić information content (AvgIpc) is 3.13. The van der Waals surface area contributed by atoms with E-state index in [0.717, 1.165) is 56.8 Å². The van der Waals surface area contributed by atoms with E-state index < -0.39 is 0 Å². The molecule has 3 heterocycles. The second-order valence-electron chi connectivity index (χ2n) is 8.20. The van der Waals surface area contributed by atoms with Gasteiger partial charge in [-0.2, -0.15) is 0 Å². The number of rotatable bonds is 4. The monoisotopic (exact) mass is 381 g/mol. The third-order valence-corrected chi connectivity index (χ3v) is 6.12. The van der Waals surface area contributed by atoms with E-state index in [1.807, 2.05) is 4.90 Å². The Morgan fingerprint density at radius 1 is 1.14 bits per heavy atom. The van der Waals surface area contributed by atoms with Gasteiger partial charge in [0.1, 0.15) is 5.82 Å². The van der Waals surface area contributed by atoms with Gasteiger partial charge in [-0.05, 0) is 63.5 Å². The standard InChI is InChI=1S/C22H31N5O/c1-16-9-10-18(17(2)15-16)11-12-23-22(28)26-13-5-3-7-19(26)21-25-24-20-8-4-6-14-27(20)21/h9-10,15,19H,3-8,11-14H2,1-2H3,(H,23,28)/t19-/m0/s1. The van der Waals surface area contributed by atoms with E-state index >= 15 is 0 Å². The molecule has 28 heavy (non-hydrogen) atoms. The minimum absolute atomic E-state index is 0.0302. The Hall–Kier alpha value is -2.37. The third-order valence-electron chi connectivity index (χ3n) is 6.12. The topological polar surface area (TPSA) is 63.1 Å². The minimum Gasteiger partial charge on any atom is -0.338 e. The van der Waals surface area contributed by atoms with E-state index in [0.29, 0.717) is 6.54 Å². The van der Waals surface area contributed by atoms with Gasteiger partial charge < -0.3 is 14.8 Å². The molecule has 2 aliphatic rings. The molecule has 1 atom stereocenters. The van der Waals surface area contributed by atoms with E-state index in [1.54, 1.807) is 0 Å². The maximum atomic E-state index is 13.0. The molecule has 150 valence electrons. The van der Waals surface area contributed by atoms with Crippen LogP contribution in [0.1, 0.15) is 66.5 Å². The summed E-state index contributed by atoms with van der Waals surface area (Å²) in [6.45, 7) is 6.68. The number of benzene rings is 1.